The second kappa shape index (κ2) is 2.07. The molecule has 0 aliphatic carbocycles. The van der Waals surface area contributed by atoms with Crippen molar-refractivity contribution in [2.45, 2.75) is 13.1 Å². The standard InChI is InChI=1S/C7H8N4O/c1-2-11-5(3-8-1)10-6-7(11)12-4-9-6/h4,8H,1-3H2. The summed E-state index contributed by atoms with van der Waals surface area (Å²) in [6.07, 6.45) is 1.44. The summed E-state index contributed by atoms with van der Waals surface area (Å²) in [4.78, 5) is 8.31. The molecule has 0 fully saturated rings. The van der Waals surface area contributed by atoms with E-state index in [4.69, 9.17) is 4.42 Å². The lowest BCUT2D eigenvalue weighted by Gasteiger charge is -2.13. The lowest BCUT2D eigenvalue weighted by Crippen LogP contribution is -2.28. The summed E-state index contributed by atoms with van der Waals surface area (Å²) in [7, 11) is 0. The number of aromatic nitrogens is 3. The van der Waals surface area contributed by atoms with E-state index in [0.29, 0.717) is 5.65 Å². The van der Waals surface area contributed by atoms with Crippen molar-refractivity contribution >= 4 is 11.4 Å². The molecule has 0 saturated heterocycles. The number of oxazole rings is 1. The molecule has 62 valence electrons. The molecule has 1 aliphatic heterocycles. The third-order valence-electron chi connectivity index (χ3n) is 2.12. The van der Waals surface area contributed by atoms with E-state index >= 15 is 0 Å². The Kier molecular flexibility index (Phi) is 1.07. The molecule has 0 spiro atoms. The topological polar surface area (TPSA) is 55.9 Å². The van der Waals surface area contributed by atoms with Gasteiger partial charge in [-0.3, -0.25) is 4.57 Å². The van der Waals surface area contributed by atoms with Crippen molar-refractivity contribution in [2.75, 3.05) is 6.54 Å². The van der Waals surface area contributed by atoms with E-state index in [2.05, 4.69) is 19.9 Å². The molecule has 0 atom stereocenters. The third kappa shape index (κ3) is 0.660. The highest BCUT2D eigenvalue weighted by molar-refractivity contribution is 5.64. The summed E-state index contributed by atoms with van der Waals surface area (Å²) >= 11 is 0. The van der Waals surface area contributed by atoms with Gasteiger partial charge in [-0.25, -0.2) is 4.98 Å². The minimum absolute atomic E-state index is 0.716. The van der Waals surface area contributed by atoms with Crippen molar-refractivity contribution in [3.8, 4) is 0 Å². The second-order valence-electron chi connectivity index (χ2n) is 2.84. The summed E-state index contributed by atoms with van der Waals surface area (Å²) in [5.74, 6) is 1.02. The number of fused-ring (bicyclic) bond motifs is 3. The van der Waals surface area contributed by atoms with Gasteiger partial charge in [0, 0.05) is 13.1 Å². The highest BCUT2D eigenvalue weighted by Crippen LogP contribution is 2.15. The van der Waals surface area contributed by atoms with Gasteiger partial charge >= 0.3 is 0 Å². The van der Waals surface area contributed by atoms with E-state index in [1.807, 2.05) is 0 Å². The van der Waals surface area contributed by atoms with Gasteiger partial charge < -0.3 is 9.73 Å². The van der Waals surface area contributed by atoms with Crippen LogP contribution in [0.3, 0.4) is 0 Å². The lowest BCUT2D eigenvalue weighted by atomic mass is 10.4. The van der Waals surface area contributed by atoms with Gasteiger partial charge in [-0.05, 0) is 0 Å². The zero-order valence-electron chi connectivity index (χ0n) is 6.45. The van der Waals surface area contributed by atoms with Gasteiger partial charge in [0.1, 0.15) is 5.82 Å². The first-order valence-corrected chi connectivity index (χ1v) is 3.94. The maximum absolute atomic E-state index is 5.22. The largest absolute Gasteiger partial charge is 0.425 e. The van der Waals surface area contributed by atoms with Gasteiger partial charge in [0.15, 0.2) is 6.39 Å². The summed E-state index contributed by atoms with van der Waals surface area (Å²) in [6, 6.07) is 0. The van der Waals surface area contributed by atoms with Crippen LogP contribution in [-0.2, 0) is 13.1 Å². The molecule has 0 aromatic carbocycles. The highest BCUT2D eigenvalue weighted by atomic mass is 16.3. The fraction of sp³-hybridized carbons (Fsp3) is 0.429. The van der Waals surface area contributed by atoms with Crippen molar-refractivity contribution in [2.24, 2.45) is 0 Å². The Bertz CT molecular complexity index is 416. The van der Waals surface area contributed by atoms with E-state index in [-0.39, 0.29) is 0 Å². The number of imidazole rings is 1. The van der Waals surface area contributed by atoms with Crippen LogP contribution in [-0.4, -0.2) is 21.1 Å². The number of hydrogen-bond acceptors (Lipinski definition) is 4. The molecule has 1 N–H and O–H groups in total. The number of hydrogen-bond donors (Lipinski definition) is 1. The molecular weight excluding hydrogens is 156 g/mol. The van der Waals surface area contributed by atoms with Crippen LogP contribution >= 0.6 is 0 Å². The Morgan fingerprint density at radius 2 is 2.58 bits per heavy atom. The van der Waals surface area contributed by atoms with E-state index in [9.17, 15) is 0 Å². The van der Waals surface area contributed by atoms with Gasteiger partial charge in [-0.15, -0.1) is 0 Å². The Hall–Kier alpha value is -1.36. The van der Waals surface area contributed by atoms with Crippen molar-refractivity contribution in [1.29, 1.82) is 0 Å². The Labute approximate surface area is 68.4 Å². The summed E-state index contributed by atoms with van der Waals surface area (Å²) in [5.41, 5.74) is 1.51. The Morgan fingerprint density at radius 3 is 3.58 bits per heavy atom. The predicted octanol–water partition coefficient (Wildman–Crippen LogP) is 0.127. The van der Waals surface area contributed by atoms with Gasteiger partial charge in [0.2, 0.25) is 11.4 Å². The number of rotatable bonds is 0. The molecule has 0 unspecified atom stereocenters. The van der Waals surface area contributed by atoms with Crippen LogP contribution in [0.1, 0.15) is 5.82 Å². The minimum atomic E-state index is 0.716. The van der Waals surface area contributed by atoms with Gasteiger partial charge in [0.05, 0.1) is 6.54 Å². The van der Waals surface area contributed by atoms with Crippen LogP contribution in [0.5, 0.6) is 0 Å². The zero-order valence-corrected chi connectivity index (χ0v) is 6.45. The van der Waals surface area contributed by atoms with E-state index in [1.54, 1.807) is 0 Å². The van der Waals surface area contributed by atoms with E-state index in [0.717, 1.165) is 31.2 Å². The number of nitrogens with zero attached hydrogens (tertiary/aromatic N) is 3. The molecule has 5 heteroatoms. The van der Waals surface area contributed by atoms with E-state index < -0.39 is 0 Å². The molecule has 0 saturated carbocycles. The predicted molar refractivity (Wildman–Crippen MR) is 41.5 cm³/mol. The normalized spacial score (nSPS) is 16.7. The Morgan fingerprint density at radius 1 is 1.58 bits per heavy atom. The van der Waals surface area contributed by atoms with Crippen molar-refractivity contribution in [3.05, 3.63) is 12.2 Å². The molecule has 0 amide bonds. The van der Waals surface area contributed by atoms with Crippen molar-refractivity contribution < 1.29 is 4.42 Å². The third-order valence-corrected chi connectivity index (χ3v) is 2.12. The first kappa shape index (κ1) is 6.19. The van der Waals surface area contributed by atoms with Crippen LogP contribution in [0.2, 0.25) is 0 Å². The minimum Gasteiger partial charge on any atom is -0.425 e. The molecule has 2 aromatic heterocycles. The summed E-state index contributed by atoms with van der Waals surface area (Å²) in [5, 5.41) is 3.24. The molecule has 1 aliphatic rings. The van der Waals surface area contributed by atoms with Crippen LogP contribution in [0.15, 0.2) is 10.8 Å². The molecule has 2 aromatic rings. The maximum Gasteiger partial charge on any atom is 0.248 e. The molecule has 0 radical (unpaired) electrons. The first-order chi connectivity index (χ1) is 5.95. The van der Waals surface area contributed by atoms with Crippen LogP contribution in [0.25, 0.3) is 11.4 Å². The van der Waals surface area contributed by atoms with Crippen molar-refractivity contribution in [3.63, 3.8) is 0 Å². The average molecular weight is 164 g/mol. The molecule has 3 rings (SSSR count). The molecule has 12 heavy (non-hydrogen) atoms. The fourth-order valence-corrected chi connectivity index (χ4v) is 1.55. The fourth-order valence-electron chi connectivity index (χ4n) is 1.55. The SMILES string of the molecule is c1nc2nc3n(c2o1)CCNC3. The molecule has 0 bridgehead atoms. The molecule has 3 heterocycles. The quantitative estimate of drug-likeness (QED) is 0.601. The molecular formula is C7H8N4O. The van der Waals surface area contributed by atoms with Gasteiger partial charge in [0.25, 0.3) is 0 Å². The molecule has 5 nitrogen and oxygen atoms in total. The second-order valence-corrected chi connectivity index (χ2v) is 2.84. The summed E-state index contributed by atoms with van der Waals surface area (Å²) in [6.45, 7) is 2.70. The Balaban J connectivity index is 2.34. The maximum atomic E-state index is 5.22. The average Bonchev–Trinajstić information content (AvgIpc) is 2.62. The van der Waals surface area contributed by atoms with E-state index in [1.165, 1.54) is 6.39 Å². The lowest BCUT2D eigenvalue weighted by molar-refractivity contribution is 0.478. The van der Waals surface area contributed by atoms with Crippen LogP contribution < -0.4 is 5.32 Å². The number of nitrogens with one attached hydrogen (secondary N) is 1. The van der Waals surface area contributed by atoms with Crippen LogP contribution in [0, 0.1) is 0 Å². The van der Waals surface area contributed by atoms with Crippen molar-refractivity contribution in [1.82, 2.24) is 19.9 Å². The smallest absolute Gasteiger partial charge is 0.248 e. The summed E-state index contributed by atoms with van der Waals surface area (Å²) < 4.78 is 7.29. The van der Waals surface area contributed by atoms with Gasteiger partial charge in [-0.2, -0.15) is 4.98 Å². The first-order valence-electron chi connectivity index (χ1n) is 3.94. The van der Waals surface area contributed by atoms with Gasteiger partial charge in [-0.1, -0.05) is 0 Å². The van der Waals surface area contributed by atoms with Crippen LogP contribution in [0.4, 0.5) is 0 Å². The monoisotopic (exact) mass is 164 g/mol. The highest BCUT2D eigenvalue weighted by Gasteiger charge is 2.16. The zero-order chi connectivity index (χ0) is 7.97.